The predicted molar refractivity (Wildman–Crippen MR) is 67.4 cm³/mol. The number of carbonyl (C=O) groups excluding carboxylic acids is 1. The van der Waals surface area contributed by atoms with E-state index >= 15 is 0 Å². The zero-order valence-electron chi connectivity index (χ0n) is 9.26. The molecule has 2 rings (SSSR count). The molecule has 0 saturated heterocycles. The minimum Gasteiger partial charge on any atom is -0.384 e. The number of nitrogens with one attached hydrogen (secondary N) is 1. The van der Waals surface area contributed by atoms with Gasteiger partial charge in [-0.05, 0) is 11.6 Å². The molecule has 0 bridgehead atoms. The highest BCUT2D eigenvalue weighted by molar-refractivity contribution is 5.92. The summed E-state index contributed by atoms with van der Waals surface area (Å²) in [6, 6.07) is 12.9. The van der Waals surface area contributed by atoms with Crippen molar-refractivity contribution in [1.29, 1.82) is 0 Å². The van der Waals surface area contributed by atoms with Crippen LogP contribution in [0.1, 0.15) is 5.56 Å². The van der Waals surface area contributed by atoms with Crippen LogP contribution in [0.2, 0.25) is 0 Å². The number of rotatable bonds is 3. The van der Waals surface area contributed by atoms with Crippen molar-refractivity contribution in [2.45, 2.75) is 6.42 Å². The Hall–Kier alpha value is -2.36. The summed E-state index contributed by atoms with van der Waals surface area (Å²) in [6.45, 7) is 0. The summed E-state index contributed by atoms with van der Waals surface area (Å²) in [6.07, 6.45) is 1.91. The van der Waals surface area contributed by atoms with Crippen LogP contribution in [0, 0.1) is 0 Å². The Morgan fingerprint density at radius 2 is 2.00 bits per heavy atom. The lowest BCUT2D eigenvalue weighted by atomic mass is 10.1. The first-order chi connectivity index (χ1) is 8.24. The van der Waals surface area contributed by atoms with Gasteiger partial charge in [0.2, 0.25) is 5.91 Å². The molecular weight excluding hydrogens is 214 g/mol. The van der Waals surface area contributed by atoms with Gasteiger partial charge >= 0.3 is 0 Å². The molecule has 1 aromatic carbocycles. The quantitative estimate of drug-likeness (QED) is 0.840. The van der Waals surface area contributed by atoms with E-state index in [1.807, 2.05) is 30.3 Å². The number of hydrogen-bond acceptors (Lipinski definition) is 3. The summed E-state index contributed by atoms with van der Waals surface area (Å²) in [5.41, 5.74) is 7.17. The highest BCUT2D eigenvalue weighted by Gasteiger charge is 2.03. The van der Waals surface area contributed by atoms with Gasteiger partial charge in [-0.1, -0.05) is 30.3 Å². The van der Waals surface area contributed by atoms with Crippen LogP contribution in [-0.4, -0.2) is 10.9 Å². The molecule has 0 aliphatic carbocycles. The molecule has 1 heterocycles. The van der Waals surface area contributed by atoms with Crippen molar-refractivity contribution in [2.24, 2.45) is 0 Å². The largest absolute Gasteiger partial charge is 0.384 e. The van der Waals surface area contributed by atoms with Crippen LogP contribution >= 0.6 is 0 Å². The number of carbonyl (C=O) groups is 1. The van der Waals surface area contributed by atoms with Crippen LogP contribution in [0.25, 0.3) is 0 Å². The number of nitrogen functional groups attached to an aromatic ring is 1. The smallest absolute Gasteiger partial charge is 0.228 e. The van der Waals surface area contributed by atoms with Gasteiger partial charge in [0.1, 0.15) is 5.82 Å². The lowest BCUT2D eigenvalue weighted by Gasteiger charge is -2.05. The number of nitrogens with zero attached hydrogens (tertiary/aromatic N) is 1. The minimum absolute atomic E-state index is 0.0678. The Balaban J connectivity index is 1.98. The number of aromatic nitrogens is 1. The third-order valence-corrected chi connectivity index (χ3v) is 2.27. The molecule has 1 aromatic heterocycles. The molecule has 0 saturated carbocycles. The summed E-state index contributed by atoms with van der Waals surface area (Å²) in [5.74, 6) is 0.323. The van der Waals surface area contributed by atoms with Gasteiger partial charge in [0.05, 0.1) is 6.42 Å². The van der Waals surface area contributed by atoms with Crippen LogP contribution < -0.4 is 11.1 Å². The monoisotopic (exact) mass is 227 g/mol. The van der Waals surface area contributed by atoms with E-state index in [1.54, 1.807) is 18.3 Å². The van der Waals surface area contributed by atoms with Crippen LogP contribution in [0.15, 0.2) is 48.7 Å². The van der Waals surface area contributed by atoms with Gasteiger partial charge in [0, 0.05) is 18.0 Å². The standard InChI is InChI=1S/C13H13N3O/c14-12-9-11(6-7-15-12)16-13(17)8-10-4-2-1-3-5-10/h1-7,9H,8H2,(H3,14,15,16,17). The Bertz CT molecular complexity index is 511. The van der Waals surface area contributed by atoms with Crippen LogP contribution in [-0.2, 0) is 11.2 Å². The predicted octanol–water partition coefficient (Wildman–Crippen LogP) is 1.84. The van der Waals surface area contributed by atoms with E-state index in [0.717, 1.165) is 5.56 Å². The lowest BCUT2D eigenvalue weighted by molar-refractivity contribution is -0.115. The van der Waals surface area contributed by atoms with Crippen molar-refractivity contribution in [3.63, 3.8) is 0 Å². The van der Waals surface area contributed by atoms with Crippen molar-refractivity contribution in [1.82, 2.24) is 4.98 Å². The van der Waals surface area contributed by atoms with Crippen molar-refractivity contribution in [3.8, 4) is 0 Å². The Morgan fingerprint density at radius 3 is 2.71 bits per heavy atom. The molecule has 0 radical (unpaired) electrons. The molecule has 0 aliphatic heterocycles. The number of nitrogens with two attached hydrogens (primary N) is 1. The maximum absolute atomic E-state index is 11.7. The Morgan fingerprint density at radius 1 is 1.24 bits per heavy atom. The maximum atomic E-state index is 11.7. The topological polar surface area (TPSA) is 68.0 Å². The second-order valence-electron chi connectivity index (χ2n) is 3.68. The second kappa shape index (κ2) is 5.12. The van der Waals surface area contributed by atoms with Crippen molar-refractivity contribution >= 4 is 17.4 Å². The molecule has 0 fully saturated rings. The fourth-order valence-electron chi connectivity index (χ4n) is 1.51. The Labute approximate surface area is 99.5 Å². The third kappa shape index (κ3) is 3.31. The van der Waals surface area contributed by atoms with Gasteiger partial charge in [-0.2, -0.15) is 0 Å². The number of hydrogen-bond donors (Lipinski definition) is 2. The molecule has 3 N–H and O–H groups in total. The summed E-state index contributed by atoms with van der Waals surface area (Å²) < 4.78 is 0. The normalized spacial score (nSPS) is 9.88. The van der Waals surface area contributed by atoms with Crippen molar-refractivity contribution < 1.29 is 4.79 Å². The molecule has 0 atom stereocenters. The van der Waals surface area contributed by atoms with Crippen LogP contribution in [0.3, 0.4) is 0 Å². The van der Waals surface area contributed by atoms with E-state index in [9.17, 15) is 4.79 Å². The molecule has 4 nitrogen and oxygen atoms in total. The van der Waals surface area contributed by atoms with Gasteiger partial charge in [-0.15, -0.1) is 0 Å². The van der Waals surface area contributed by atoms with Gasteiger partial charge in [-0.25, -0.2) is 4.98 Å². The molecule has 0 unspecified atom stereocenters. The first-order valence-electron chi connectivity index (χ1n) is 5.29. The van der Waals surface area contributed by atoms with Crippen LogP contribution in [0.5, 0.6) is 0 Å². The summed E-state index contributed by atoms with van der Waals surface area (Å²) >= 11 is 0. The van der Waals surface area contributed by atoms with Crippen LogP contribution in [0.4, 0.5) is 11.5 Å². The van der Waals surface area contributed by atoms with E-state index in [1.165, 1.54) is 0 Å². The van der Waals surface area contributed by atoms with Gasteiger partial charge < -0.3 is 11.1 Å². The molecule has 86 valence electrons. The first kappa shape index (κ1) is 11.1. The third-order valence-electron chi connectivity index (χ3n) is 2.27. The molecule has 4 heteroatoms. The van der Waals surface area contributed by atoms with Gasteiger partial charge in [0.15, 0.2) is 0 Å². The van der Waals surface area contributed by atoms with Gasteiger partial charge in [0.25, 0.3) is 0 Å². The molecular formula is C13H13N3O. The van der Waals surface area contributed by atoms with E-state index in [4.69, 9.17) is 5.73 Å². The zero-order valence-corrected chi connectivity index (χ0v) is 9.26. The molecule has 17 heavy (non-hydrogen) atoms. The molecule has 0 aliphatic rings. The van der Waals surface area contributed by atoms with E-state index in [2.05, 4.69) is 10.3 Å². The summed E-state index contributed by atoms with van der Waals surface area (Å²) in [4.78, 5) is 15.6. The average Bonchev–Trinajstić information content (AvgIpc) is 2.30. The molecule has 2 aromatic rings. The minimum atomic E-state index is -0.0678. The highest BCUT2D eigenvalue weighted by atomic mass is 16.1. The molecule has 0 spiro atoms. The fraction of sp³-hybridized carbons (Fsp3) is 0.0769. The number of benzene rings is 1. The SMILES string of the molecule is Nc1cc(NC(=O)Cc2ccccc2)ccn1. The Kier molecular flexibility index (Phi) is 3.35. The lowest BCUT2D eigenvalue weighted by Crippen LogP contribution is -2.14. The van der Waals surface area contributed by atoms with Gasteiger partial charge in [-0.3, -0.25) is 4.79 Å². The van der Waals surface area contributed by atoms with Crippen molar-refractivity contribution in [2.75, 3.05) is 11.1 Å². The number of pyridine rings is 1. The fourth-order valence-corrected chi connectivity index (χ4v) is 1.51. The molecule has 1 amide bonds. The summed E-state index contributed by atoms with van der Waals surface area (Å²) in [5, 5.41) is 2.77. The first-order valence-corrected chi connectivity index (χ1v) is 5.29. The van der Waals surface area contributed by atoms with E-state index < -0.39 is 0 Å². The van der Waals surface area contributed by atoms with Crippen molar-refractivity contribution in [3.05, 3.63) is 54.2 Å². The zero-order chi connectivity index (χ0) is 12.1. The van der Waals surface area contributed by atoms with E-state index in [-0.39, 0.29) is 5.91 Å². The highest BCUT2D eigenvalue weighted by Crippen LogP contribution is 2.09. The van der Waals surface area contributed by atoms with E-state index in [0.29, 0.717) is 17.9 Å². The summed E-state index contributed by atoms with van der Waals surface area (Å²) in [7, 11) is 0. The second-order valence-corrected chi connectivity index (χ2v) is 3.68. The average molecular weight is 227 g/mol. The number of anilines is 2. The maximum Gasteiger partial charge on any atom is 0.228 e. The number of amides is 1.